The molecule has 0 spiro atoms. The van der Waals surface area contributed by atoms with Crippen LogP contribution in [0.5, 0.6) is 0 Å². The second kappa shape index (κ2) is 6.70. The maximum Gasteiger partial charge on any atom is 0.230 e. The van der Waals surface area contributed by atoms with E-state index in [9.17, 15) is 9.59 Å². The van der Waals surface area contributed by atoms with E-state index in [1.165, 1.54) is 0 Å². The molecule has 0 bridgehead atoms. The monoisotopic (exact) mass is 339 g/mol. The molecule has 1 heterocycles. The molecule has 1 saturated carbocycles. The summed E-state index contributed by atoms with van der Waals surface area (Å²) in [5.74, 6) is 1.61. The first-order valence-electron chi connectivity index (χ1n) is 8.86. The molecule has 4 rings (SSSR count). The minimum Gasteiger partial charge on any atom is -0.359 e. The summed E-state index contributed by atoms with van der Waals surface area (Å²) in [6.07, 6.45) is 6.24. The number of anilines is 2. The first-order valence-corrected chi connectivity index (χ1v) is 8.86. The number of fused-ring (bicyclic) bond motifs is 1. The lowest BCUT2D eigenvalue weighted by molar-refractivity contribution is -0.117. The third-order valence-electron chi connectivity index (χ3n) is 4.74. The third-order valence-corrected chi connectivity index (χ3v) is 4.74. The number of benzene rings is 1. The quantitative estimate of drug-likeness (QED) is 0.877. The summed E-state index contributed by atoms with van der Waals surface area (Å²) < 4.78 is 5.31. The standard InChI is InChI=1S/C19H21N3O3/c23-17(21-18-15-3-1-2-4-16(15)25-22-18)11-12-5-9-14(10-6-12)20-19(24)13-7-8-13/h5-6,9-10,13H,1-4,7-8,11H2,(H,20,24)(H,21,22,23). The molecule has 2 aliphatic carbocycles. The van der Waals surface area contributed by atoms with Gasteiger partial charge in [0.15, 0.2) is 5.82 Å². The van der Waals surface area contributed by atoms with Crippen LogP contribution in [0, 0.1) is 5.92 Å². The Hall–Kier alpha value is -2.63. The number of nitrogens with zero attached hydrogens (tertiary/aromatic N) is 1. The van der Waals surface area contributed by atoms with Gasteiger partial charge in [0.2, 0.25) is 11.8 Å². The van der Waals surface area contributed by atoms with Crippen molar-refractivity contribution in [3.8, 4) is 0 Å². The average Bonchev–Trinajstić information content (AvgIpc) is 3.40. The summed E-state index contributed by atoms with van der Waals surface area (Å²) in [6.45, 7) is 0. The van der Waals surface area contributed by atoms with Crippen molar-refractivity contribution < 1.29 is 14.1 Å². The minimum absolute atomic E-state index is 0.0845. The second-order valence-corrected chi connectivity index (χ2v) is 6.83. The van der Waals surface area contributed by atoms with Crippen molar-refractivity contribution in [3.63, 3.8) is 0 Å². The zero-order valence-corrected chi connectivity index (χ0v) is 14.0. The van der Waals surface area contributed by atoms with Crippen LogP contribution in [-0.4, -0.2) is 17.0 Å². The van der Waals surface area contributed by atoms with Gasteiger partial charge in [-0.3, -0.25) is 9.59 Å². The van der Waals surface area contributed by atoms with Crippen LogP contribution >= 0.6 is 0 Å². The van der Waals surface area contributed by atoms with Crippen LogP contribution in [-0.2, 0) is 28.9 Å². The van der Waals surface area contributed by atoms with Crippen LogP contribution in [0.25, 0.3) is 0 Å². The van der Waals surface area contributed by atoms with Gasteiger partial charge >= 0.3 is 0 Å². The van der Waals surface area contributed by atoms with E-state index in [1.54, 1.807) is 0 Å². The minimum atomic E-state index is -0.114. The van der Waals surface area contributed by atoms with E-state index in [0.29, 0.717) is 5.82 Å². The van der Waals surface area contributed by atoms with Crippen molar-refractivity contribution in [2.45, 2.75) is 44.9 Å². The van der Waals surface area contributed by atoms with Gasteiger partial charge in [-0.05, 0) is 49.8 Å². The predicted octanol–water partition coefficient (Wildman–Crippen LogP) is 3.08. The van der Waals surface area contributed by atoms with E-state index >= 15 is 0 Å². The summed E-state index contributed by atoms with van der Waals surface area (Å²) >= 11 is 0. The molecule has 0 aliphatic heterocycles. The molecule has 6 nitrogen and oxygen atoms in total. The van der Waals surface area contributed by atoms with E-state index in [4.69, 9.17) is 4.52 Å². The Labute approximate surface area is 146 Å². The van der Waals surface area contributed by atoms with Crippen LogP contribution in [0.15, 0.2) is 28.8 Å². The van der Waals surface area contributed by atoms with E-state index in [1.807, 2.05) is 24.3 Å². The fourth-order valence-electron chi connectivity index (χ4n) is 3.14. The molecule has 2 amide bonds. The summed E-state index contributed by atoms with van der Waals surface area (Å²) in [6, 6.07) is 7.39. The predicted molar refractivity (Wildman–Crippen MR) is 93.3 cm³/mol. The number of aryl methyl sites for hydroxylation is 1. The fourth-order valence-corrected chi connectivity index (χ4v) is 3.14. The summed E-state index contributed by atoms with van der Waals surface area (Å²) in [5, 5.41) is 9.74. The molecule has 2 aliphatic rings. The highest BCUT2D eigenvalue weighted by atomic mass is 16.5. The molecular formula is C19H21N3O3. The fraction of sp³-hybridized carbons (Fsp3) is 0.421. The van der Waals surface area contributed by atoms with Gasteiger partial charge in [0.05, 0.1) is 6.42 Å². The number of nitrogens with one attached hydrogen (secondary N) is 2. The molecule has 0 unspecified atom stereocenters. The number of amides is 2. The Bertz CT molecular complexity index is 791. The molecule has 1 aromatic heterocycles. The Morgan fingerprint density at radius 3 is 2.60 bits per heavy atom. The number of hydrogen-bond acceptors (Lipinski definition) is 4. The Morgan fingerprint density at radius 1 is 1.08 bits per heavy atom. The number of carbonyl (C=O) groups is 2. The molecular weight excluding hydrogens is 318 g/mol. The van der Waals surface area contributed by atoms with Crippen LogP contribution < -0.4 is 10.6 Å². The largest absolute Gasteiger partial charge is 0.359 e. The number of hydrogen-bond donors (Lipinski definition) is 2. The molecule has 2 aromatic rings. The van der Waals surface area contributed by atoms with Crippen molar-refractivity contribution in [1.29, 1.82) is 0 Å². The average molecular weight is 339 g/mol. The molecule has 25 heavy (non-hydrogen) atoms. The highest BCUT2D eigenvalue weighted by molar-refractivity contribution is 5.94. The number of aromatic nitrogens is 1. The Morgan fingerprint density at radius 2 is 1.84 bits per heavy atom. The zero-order valence-electron chi connectivity index (χ0n) is 14.0. The van der Waals surface area contributed by atoms with Crippen molar-refractivity contribution in [3.05, 3.63) is 41.2 Å². The lowest BCUT2D eigenvalue weighted by Crippen LogP contribution is -2.16. The smallest absolute Gasteiger partial charge is 0.230 e. The summed E-state index contributed by atoms with van der Waals surface area (Å²) in [7, 11) is 0. The Kier molecular flexibility index (Phi) is 4.26. The van der Waals surface area contributed by atoms with Crippen LogP contribution in [0.2, 0.25) is 0 Å². The van der Waals surface area contributed by atoms with Crippen molar-refractivity contribution in [1.82, 2.24) is 5.16 Å². The second-order valence-electron chi connectivity index (χ2n) is 6.83. The lowest BCUT2D eigenvalue weighted by Gasteiger charge is -2.10. The molecule has 0 atom stereocenters. The van der Waals surface area contributed by atoms with Crippen molar-refractivity contribution >= 4 is 23.3 Å². The van der Waals surface area contributed by atoms with Crippen LogP contribution in [0.4, 0.5) is 11.5 Å². The summed E-state index contributed by atoms with van der Waals surface area (Å²) in [5.41, 5.74) is 2.70. The lowest BCUT2D eigenvalue weighted by atomic mass is 9.98. The highest BCUT2D eigenvalue weighted by Gasteiger charge is 2.29. The first kappa shape index (κ1) is 15.9. The molecule has 6 heteroatoms. The molecule has 130 valence electrons. The van der Waals surface area contributed by atoms with Crippen molar-refractivity contribution in [2.75, 3.05) is 10.6 Å². The Balaban J connectivity index is 1.34. The molecule has 0 saturated heterocycles. The maximum absolute atomic E-state index is 12.3. The molecule has 1 aromatic carbocycles. The first-order chi connectivity index (χ1) is 12.2. The third kappa shape index (κ3) is 3.73. The van der Waals surface area contributed by atoms with Gasteiger partial charge in [-0.2, -0.15) is 0 Å². The normalized spacial score (nSPS) is 16.2. The van der Waals surface area contributed by atoms with Crippen LogP contribution in [0.1, 0.15) is 42.6 Å². The van der Waals surface area contributed by atoms with Gasteiger partial charge in [0, 0.05) is 23.6 Å². The molecule has 2 N–H and O–H groups in total. The molecule has 0 radical (unpaired) electrons. The van der Waals surface area contributed by atoms with Gasteiger partial charge < -0.3 is 15.2 Å². The van der Waals surface area contributed by atoms with Gasteiger partial charge in [-0.25, -0.2) is 0 Å². The van der Waals surface area contributed by atoms with Gasteiger partial charge in [-0.15, -0.1) is 0 Å². The van der Waals surface area contributed by atoms with Gasteiger partial charge in [0.1, 0.15) is 5.76 Å². The molecule has 1 fully saturated rings. The van der Waals surface area contributed by atoms with Gasteiger partial charge in [-0.1, -0.05) is 17.3 Å². The number of rotatable bonds is 5. The zero-order chi connectivity index (χ0) is 17.2. The van der Waals surface area contributed by atoms with E-state index < -0.39 is 0 Å². The number of carbonyl (C=O) groups excluding carboxylic acids is 2. The van der Waals surface area contributed by atoms with E-state index in [-0.39, 0.29) is 24.2 Å². The van der Waals surface area contributed by atoms with E-state index in [2.05, 4.69) is 15.8 Å². The highest BCUT2D eigenvalue weighted by Crippen LogP contribution is 2.30. The van der Waals surface area contributed by atoms with Crippen LogP contribution in [0.3, 0.4) is 0 Å². The maximum atomic E-state index is 12.3. The SMILES string of the molecule is O=C(Cc1ccc(NC(=O)C2CC2)cc1)Nc1noc2c1CCCC2. The summed E-state index contributed by atoms with van der Waals surface area (Å²) in [4.78, 5) is 24.0. The van der Waals surface area contributed by atoms with Gasteiger partial charge in [0.25, 0.3) is 0 Å². The van der Waals surface area contributed by atoms with Crippen molar-refractivity contribution in [2.24, 2.45) is 5.92 Å². The topological polar surface area (TPSA) is 84.2 Å². The van der Waals surface area contributed by atoms with E-state index in [0.717, 1.165) is 61.1 Å².